The van der Waals surface area contributed by atoms with Gasteiger partial charge in [-0.1, -0.05) is 203 Å². The van der Waals surface area contributed by atoms with Crippen LogP contribution in [0.1, 0.15) is 109 Å². The minimum atomic E-state index is -1.54. The number of nitrogens with zero attached hydrogens (tertiary/aromatic N) is 2. The van der Waals surface area contributed by atoms with E-state index >= 15 is 0 Å². The van der Waals surface area contributed by atoms with E-state index in [1.54, 1.807) is 0 Å². The Balaban J connectivity index is 1.31. The Labute approximate surface area is 420 Å². The second-order valence-corrected chi connectivity index (χ2v) is 29.0. The summed E-state index contributed by atoms with van der Waals surface area (Å²) >= 11 is 0. The summed E-state index contributed by atoms with van der Waals surface area (Å²) in [6.45, 7) is 33.6. The molecule has 0 aliphatic heterocycles. The Morgan fingerprint density at radius 2 is 0.843 bits per heavy atom. The summed E-state index contributed by atoms with van der Waals surface area (Å²) in [6.07, 6.45) is 0. The molecule has 0 heterocycles. The van der Waals surface area contributed by atoms with Gasteiger partial charge in [0.1, 0.15) is 0 Å². The molecule has 2 nitrogen and oxygen atoms in total. The average Bonchev–Trinajstić information content (AvgIpc) is 3.66. The van der Waals surface area contributed by atoms with Gasteiger partial charge in [-0.25, -0.2) is 0 Å². The zero-order valence-corrected chi connectivity index (χ0v) is 45.2. The van der Waals surface area contributed by atoms with Crippen LogP contribution in [0.5, 0.6) is 0 Å². The summed E-state index contributed by atoms with van der Waals surface area (Å²) in [5.74, 6) is 0.902. The summed E-state index contributed by atoms with van der Waals surface area (Å²) in [7, 11) is -1.54. The zero-order chi connectivity index (χ0) is 49.7. The van der Waals surface area contributed by atoms with E-state index in [2.05, 4.69) is 275 Å². The molecule has 0 saturated carbocycles. The number of benzene rings is 9. The van der Waals surface area contributed by atoms with Gasteiger partial charge in [0.2, 0.25) is 0 Å². The molecule has 9 aromatic carbocycles. The highest BCUT2D eigenvalue weighted by molar-refractivity contribution is 6.88. The molecule has 0 amide bonds. The predicted octanol–water partition coefficient (Wildman–Crippen LogP) is 19.5. The maximum Gasteiger partial charge on any atom is 0.0775 e. The lowest BCUT2D eigenvalue weighted by Gasteiger charge is -2.53. The molecule has 10 rings (SSSR count). The van der Waals surface area contributed by atoms with E-state index in [9.17, 15) is 0 Å². The molecule has 1 aliphatic carbocycles. The fourth-order valence-corrected chi connectivity index (χ4v) is 13.8. The van der Waals surface area contributed by atoms with Crippen LogP contribution >= 0.6 is 0 Å². The Bertz CT molecular complexity index is 3400. The molecule has 0 atom stereocenters. The largest absolute Gasteiger partial charge is 0.310 e. The van der Waals surface area contributed by atoms with E-state index in [4.69, 9.17) is 0 Å². The van der Waals surface area contributed by atoms with E-state index in [0.717, 1.165) is 17.1 Å². The molecule has 0 fully saturated rings. The van der Waals surface area contributed by atoms with Gasteiger partial charge >= 0.3 is 0 Å². The summed E-state index contributed by atoms with van der Waals surface area (Å²) < 4.78 is 0. The van der Waals surface area contributed by atoms with E-state index in [1.807, 2.05) is 0 Å². The Hall–Kier alpha value is -6.42. The molecule has 0 radical (unpaired) electrons. The number of aryl methyl sites for hydroxylation is 1. The third-order valence-electron chi connectivity index (χ3n) is 15.7. The van der Waals surface area contributed by atoms with Crippen LogP contribution in [0.2, 0.25) is 19.6 Å². The van der Waals surface area contributed by atoms with Crippen molar-refractivity contribution in [1.82, 2.24) is 0 Å². The molecule has 1 aliphatic rings. The molecule has 70 heavy (non-hydrogen) atoms. The minimum absolute atomic E-state index is 0.214. The summed E-state index contributed by atoms with van der Waals surface area (Å²) in [5, 5.41) is 9.22. The van der Waals surface area contributed by atoms with Crippen LogP contribution in [-0.2, 0) is 5.41 Å². The van der Waals surface area contributed by atoms with Gasteiger partial charge in [0.25, 0.3) is 0 Å². The standard InChI is InChI=1S/C67H72N2Si/c1-43(2)46-25-31-49(32-26-46)68(48-29-23-45(5)24-30-48)52-37-40-58-59(41-52)54-19-15-17-21-56(54)63-62-57-22-18-16-20-55(57)61(42-60(62)67(64(58)63,65(6,7)8)66(9,10)11)69(50-33-27-47(28-34-50)44(3)4)51-35-38-53(39-36-51)70(12,13)14/h15-44H,1-14H3. The molecular weight excluding hydrogens is 861 g/mol. The van der Waals surface area contributed by atoms with Crippen LogP contribution in [-0.4, -0.2) is 8.07 Å². The molecule has 0 spiro atoms. The van der Waals surface area contributed by atoms with Crippen molar-refractivity contribution in [3.63, 3.8) is 0 Å². The molecule has 0 bridgehead atoms. The summed E-state index contributed by atoms with van der Waals surface area (Å²) in [6, 6.07) is 65.6. The first-order valence-electron chi connectivity index (χ1n) is 25.7. The minimum Gasteiger partial charge on any atom is -0.310 e. The van der Waals surface area contributed by atoms with Gasteiger partial charge in [0.05, 0.1) is 13.8 Å². The smallest absolute Gasteiger partial charge is 0.0775 e. The van der Waals surface area contributed by atoms with Gasteiger partial charge in [0, 0.05) is 39.2 Å². The van der Waals surface area contributed by atoms with Gasteiger partial charge in [0.15, 0.2) is 0 Å². The van der Waals surface area contributed by atoms with Gasteiger partial charge in [-0.3, -0.25) is 0 Å². The van der Waals surface area contributed by atoms with E-state index in [-0.39, 0.29) is 10.8 Å². The van der Waals surface area contributed by atoms with E-state index in [1.165, 1.54) is 93.5 Å². The third kappa shape index (κ3) is 7.59. The number of fused-ring (bicyclic) bond motifs is 10. The molecule has 9 aromatic rings. The molecule has 354 valence electrons. The summed E-state index contributed by atoms with van der Waals surface area (Å²) in [5.41, 5.74) is 15.7. The van der Waals surface area contributed by atoms with Gasteiger partial charge < -0.3 is 9.80 Å². The lowest BCUT2D eigenvalue weighted by Crippen LogP contribution is -2.50. The van der Waals surface area contributed by atoms with Crippen molar-refractivity contribution in [2.75, 3.05) is 9.80 Å². The highest BCUT2D eigenvalue weighted by atomic mass is 28.3. The van der Waals surface area contributed by atoms with Crippen molar-refractivity contribution in [1.29, 1.82) is 0 Å². The first-order chi connectivity index (χ1) is 33.2. The van der Waals surface area contributed by atoms with Crippen LogP contribution in [0.4, 0.5) is 34.1 Å². The average molecular weight is 933 g/mol. The van der Waals surface area contributed by atoms with Crippen molar-refractivity contribution in [3.8, 4) is 11.1 Å². The lowest BCUT2D eigenvalue weighted by molar-refractivity contribution is 0.0965. The topological polar surface area (TPSA) is 6.48 Å². The monoisotopic (exact) mass is 933 g/mol. The highest BCUT2D eigenvalue weighted by Crippen LogP contribution is 2.69. The van der Waals surface area contributed by atoms with Crippen LogP contribution in [0, 0.1) is 17.8 Å². The van der Waals surface area contributed by atoms with Crippen LogP contribution in [0.15, 0.2) is 170 Å². The number of rotatable bonds is 9. The maximum atomic E-state index is 2.63. The first-order valence-corrected chi connectivity index (χ1v) is 29.2. The fraction of sp³-hybridized carbons (Fsp3) is 0.284. The van der Waals surface area contributed by atoms with Crippen LogP contribution < -0.4 is 15.0 Å². The second-order valence-electron chi connectivity index (χ2n) is 23.9. The van der Waals surface area contributed by atoms with Gasteiger partial charge in [-0.05, 0) is 157 Å². The maximum absolute atomic E-state index is 2.63. The molecule has 0 saturated heterocycles. The van der Waals surface area contributed by atoms with Crippen LogP contribution in [0.25, 0.3) is 43.4 Å². The number of hydrogen-bond acceptors (Lipinski definition) is 2. The van der Waals surface area contributed by atoms with Crippen molar-refractivity contribution < 1.29 is 0 Å². The summed E-state index contributed by atoms with van der Waals surface area (Å²) in [4.78, 5) is 4.99. The normalized spacial score (nSPS) is 13.7. The second kappa shape index (κ2) is 17.2. The van der Waals surface area contributed by atoms with Gasteiger partial charge in [-0.2, -0.15) is 0 Å². The number of anilines is 6. The van der Waals surface area contributed by atoms with Crippen molar-refractivity contribution in [2.45, 2.75) is 113 Å². The molecule has 0 N–H and O–H groups in total. The SMILES string of the molecule is Cc1ccc(N(c2ccc(C(C)C)cc2)c2ccc3c4c(c5ccccc5c3c2)-c2c(cc(N(c3ccc(C(C)C)cc3)c3ccc([Si](C)(C)C)cc3)c3ccccc23)C4(C(C)(C)C)C(C)(C)C)cc1. The Morgan fingerprint density at radius 3 is 1.33 bits per heavy atom. The molecule has 0 aromatic heterocycles. The van der Waals surface area contributed by atoms with Crippen molar-refractivity contribution >= 4 is 79.7 Å². The molecular formula is C67H72N2Si. The Morgan fingerprint density at radius 1 is 0.414 bits per heavy atom. The lowest BCUT2D eigenvalue weighted by atomic mass is 9.49. The number of hydrogen-bond donors (Lipinski definition) is 0. The Kier molecular flexibility index (Phi) is 11.6. The van der Waals surface area contributed by atoms with Gasteiger partial charge in [-0.15, -0.1) is 0 Å². The van der Waals surface area contributed by atoms with Crippen molar-refractivity contribution in [2.24, 2.45) is 10.8 Å². The quantitative estimate of drug-likeness (QED) is 0.105. The highest BCUT2D eigenvalue weighted by Gasteiger charge is 2.59. The molecule has 3 heteroatoms. The van der Waals surface area contributed by atoms with E-state index in [0.29, 0.717) is 11.8 Å². The third-order valence-corrected chi connectivity index (χ3v) is 17.8. The molecule has 0 unspecified atom stereocenters. The van der Waals surface area contributed by atoms with Crippen LogP contribution in [0.3, 0.4) is 0 Å². The van der Waals surface area contributed by atoms with Crippen molar-refractivity contribution in [3.05, 3.63) is 198 Å². The predicted molar refractivity (Wildman–Crippen MR) is 309 cm³/mol. The first kappa shape index (κ1) is 47.3. The zero-order valence-electron chi connectivity index (χ0n) is 44.2. The fourth-order valence-electron chi connectivity index (χ4n) is 12.6. The van der Waals surface area contributed by atoms with E-state index < -0.39 is 13.5 Å².